The third-order valence-corrected chi connectivity index (χ3v) is 5.25. The molecule has 1 heterocycles. The van der Waals surface area contributed by atoms with E-state index in [1.165, 1.54) is 27.8 Å². The SMILES string of the molecule is O=C(COC(=O)c1cc2c(s1)CCC2)Nc1ccc(Cl)cc1Cl. The van der Waals surface area contributed by atoms with Crippen LogP contribution in [0.3, 0.4) is 0 Å². The number of esters is 1. The van der Waals surface area contributed by atoms with Gasteiger partial charge in [0.15, 0.2) is 6.61 Å². The Hall–Kier alpha value is -1.56. The number of thiophene rings is 1. The zero-order chi connectivity index (χ0) is 16.4. The highest BCUT2D eigenvalue weighted by atomic mass is 35.5. The van der Waals surface area contributed by atoms with Crippen molar-refractivity contribution < 1.29 is 14.3 Å². The number of nitrogens with one attached hydrogen (secondary N) is 1. The van der Waals surface area contributed by atoms with E-state index in [4.69, 9.17) is 27.9 Å². The van der Waals surface area contributed by atoms with E-state index in [1.54, 1.807) is 12.1 Å². The van der Waals surface area contributed by atoms with Gasteiger partial charge in [-0.05, 0) is 49.1 Å². The summed E-state index contributed by atoms with van der Waals surface area (Å²) in [6, 6.07) is 6.59. The Bertz CT molecular complexity index is 751. The number of ether oxygens (including phenoxy) is 1. The summed E-state index contributed by atoms with van der Waals surface area (Å²) in [7, 11) is 0. The molecule has 1 aliphatic carbocycles. The van der Waals surface area contributed by atoms with Crippen molar-refractivity contribution in [3.05, 3.63) is 49.6 Å². The second-order valence-corrected chi connectivity index (χ2v) is 7.14. The van der Waals surface area contributed by atoms with Crippen molar-refractivity contribution in [2.75, 3.05) is 11.9 Å². The van der Waals surface area contributed by atoms with E-state index >= 15 is 0 Å². The number of benzene rings is 1. The van der Waals surface area contributed by atoms with Gasteiger partial charge in [-0.3, -0.25) is 4.79 Å². The number of carbonyl (C=O) groups excluding carboxylic acids is 2. The van der Waals surface area contributed by atoms with Crippen molar-refractivity contribution in [3.63, 3.8) is 0 Å². The molecule has 3 rings (SSSR count). The topological polar surface area (TPSA) is 55.4 Å². The van der Waals surface area contributed by atoms with E-state index in [9.17, 15) is 9.59 Å². The zero-order valence-electron chi connectivity index (χ0n) is 12.0. The highest BCUT2D eigenvalue weighted by Gasteiger charge is 2.20. The Morgan fingerprint density at radius 1 is 1.22 bits per heavy atom. The Kier molecular flexibility index (Phi) is 4.90. The molecule has 23 heavy (non-hydrogen) atoms. The second kappa shape index (κ2) is 6.91. The van der Waals surface area contributed by atoms with E-state index in [2.05, 4.69) is 5.32 Å². The van der Waals surface area contributed by atoms with Crippen LogP contribution in [0.2, 0.25) is 10.0 Å². The average molecular weight is 370 g/mol. The van der Waals surface area contributed by atoms with Crippen LogP contribution in [0.25, 0.3) is 0 Å². The van der Waals surface area contributed by atoms with Crippen LogP contribution in [-0.4, -0.2) is 18.5 Å². The molecule has 1 aliphatic rings. The van der Waals surface area contributed by atoms with Gasteiger partial charge in [0.2, 0.25) is 0 Å². The largest absolute Gasteiger partial charge is 0.451 e. The molecule has 0 spiro atoms. The van der Waals surface area contributed by atoms with E-state index in [0.717, 1.165) is 19.3 Å². The van der Waals surface area contributed by atoms with Gasteiger partial charge in [0.05, 0.1) is 10.7 Å². The van der Waals surface area contributed by atoms with Crippen LogP contribution >= 0.6 is 34.5 Å². The molecule has 1 aromatic carbocycles. The van der Waals surface area contributed by atoms with Gasteiger partial charge in [-0.15, -0.1) is 11.3 Å². The minimum absolute atomic E-state index is 0.326. The van der Waals surface area contributed by atoms with Crippen molar-refractivity contribution in [2.24, 2.45) is 0 Å². The van der Waals surface area contributed by atoms with Crippen molar-refractivity contribution in [1.82, 2.24) is 0 Å². The predicted molar refractivity (Wildman–Crippen MR) is 91.7 cm³/mol. The normalized spacial score (nSPS) is 12.8. The molecule has 0 bridgehead atoms. The molecule has 1 N–H and O–H groups in total. The molecule has 0 fully saturated rings. The molecule has 2 aromatic rings. The highest BCUT2D eigenvalue weighted by Crippen LogP contribution is 2.31. The number of fused-ring (bicyclic) bond motifs is 1. The summed E-state index contributed by atoms with van der Waals surface area (Å²) in [5.41, 5.74) is 1.64. The number of rotatable bonds is 4. The van der Waals surface area contributed by atoms with E-state index in [-0.39, 0.29) is 6.61 Å². The molecule has 0 radical (unpaired) electrons. The van der Waals surface area contributed by atoms with Gasteiger partial charge in [-0.25, -0.2) is 4.79 Å². The lowest BCUT2D eigenvalue weighted by molar-refractivity contribution is -0.119. The monoisotopic (exact) mass is 369 g/mol. The van der Waals surface area contributed by atoms with Crippen LogP contribution in [0.5, 0.6) is 0 Å². The molecule has 0 unspecified atom stereocenters. The third kappa shape index (κ3) is 3.86. The summed E-state index contributed by atoms with van der Waals surface area (Å²) < 4.78 is 5.05. The summed E-state index contributed by atoms with van der Waals surface area (Å²) in [5, 5.41) is 3.38. The molecule has 7 heteroatoms. The molecule has 0 aliphatic heterocycles. The fourth-order valence-corrected chi connectivity index (χ4v) is 4.01. The van der Waals surface area contributed by atoms with Crippen LogP contribution in [0, 0.1) is 0 Å². The first kappa shape index (κ1) is 16.3. The Labute approximate surface area is 147 Å². The predicted octanol–water partition coefficient (Wildman–Crippen LogP) is 4.34. The second-order valence-electron chi connectivity index (χ2n) is 5.16. The first-order chi connectivity index (χ1) is 11.0. The van der Waals surface area contributed by atoms with Gasteiger partial charge >= 0.3 is 5.97 Å². The molecule has 1 aromatic heterocycles. The fraction of sp³-hybridized carbons (Fsp3) is 0.250. The lowest BCUT2D eigenvalue weighted by Gasteiger charge is -2.07. The van der Waals surface area contributed by atoms with Crippen molar-refractivity contribution >= 4 is 52.1 Å². The molecule has 0 saturated carbocycles. The van der Waals surface area contributed by atoms with E-state index < -0.39 is 11.9 Å². The van der Waals surface area contributed by atoms with Gasteiger partial charge in [-0.1, -0.05) is 23.2 Å². The van der Waals surface area contributed by atoms with Crippen LogP contribution in [0.4, 0.5) is 5.69 Å². The quantitative estimate of drug-likeness (QED) is 0.815. The summed E-state index contributed by atoms with van der Waals surface area (Å²) in [5.74, 6) is -0.923. The van der Waals surface area contributed by atoms with Gasteiger partial charge < -0.3 is 10.1 Å². The van der Waals surface area contributed by atoms with Gasteiger partial charge in [0.25, 0.3) is 5.91 Å². The van der Waals surface area contributed by atoms with Crippen molar-refractivity contribution in [1.29, 1.82) is 0 Å². The van der Waals surface area contributed by atoms with Crippen LogP contribution in [0.1, 0.15) is 26.5 Å². The summed E-state index contributed by atoms with van der Waals surface area (Å²) >= 11 is 13.2. The van der Waals surface area contributed by atoms with Crippen LogP contribution in [0.15, 0.2) is 24.3 Å². The minimum Gasteiger partial charge on any atom is -0.451 e. The molecule has 4 nitrogen and oxygen atoms in total. The maximum absolute atomic E-state index is 12.0. The van der Waals surface area contributed by atoms with Gasteiger partial charge in [-0.2, -0.15) is 0 Å². The standard InChI is InChI=1S/C16H13Cl2NO3S/c17-10-4-5-12(11(18)7-10)19-15(20)8-22-16(21)14-6-9-2-1-3-13(9)23-14/h4-7H,1-3,8H2,(H,19,20). The van der Waals surface area contributed by atoms with Gasteiger partial charge in [0.1, 0.15) is 4.88 Å². The Morgan fingerprint density at radius 2 is 2.04 bits per heavy atom. The van der Waals surface area contributed by atoms with E-state index in [1.807, 2.05) is 6.07 Å². The molecule has 1 amide bonds. The number of halogens is 2. The number of hydrogen-bond acceptors (Lipinski definition) is 4. The third-order valence-electron chi connectivity index (χ3n) is 3.49. The smallest absolute Gasteiger partial charge is 0.348 e. The zero-order valence-corrected chi connectivity index (χ0v) is 14.4. The lowest BCUT2D eigenvalue weighted by Crippen LogP contribution is -2.20. The number of carbonyl (C=O) groups is 2. The maximum Gasteiger partial charge on any atom is 0.348 e. The highest BCUT2D eigenvalue weighted by molar-refractivity contribution is 7.14. The summed E-state index contributed by atoms with van der Waals surface area (Å²) in [6.45, 7) is -0.361. The number of anilines is 1. The lowest BCUT2D eigenvalue weighted by atomic mass is 10.2. The van der Waals surface area contributed by atoms with Crippen molar-refractivity contribution in [3.8, 4) is 0 Å². The Morgan fingerprint density at radius 3 is 2.78 bits per heavy atom. The molecule has 0 atom stereocenters. The van der Waals surface area contributed by atoms with Crippen molar-refractivity contribution in [2.45, 2.75) is 19.3 Å². The minimum atomic E-state index is -0.471. The maximum atomic E-state index is 12.0. The molecular formula is C16H13Cl2NO3S. The average Bonchev–Trinajstić information content (AvgIpc) is 3.09. The first-order valence-electron chi connectivity index (χ1n) is 7.06. The number of aryl methyl sites for hydroxylation is 2. The van der Waals surface area contributed by atoms with Gasteiger partial charge in [0, 0.05) is 9.90 Å². The number of hydrogen-bond donors (Lipinski definition) is 1. The molecular weight excluding hydrogens is 357 g/mol. The Balaban J connectivity index is 1.54. The summed E-state index contributed by atoms with van der Waals surface area (Å²) in [4.78, 5) is 25.6. The van der Waals surface area contributed by atoms with E-state index in [0.29, 0.717) is 20.6 Å². The van der Waals surface area contributed by atoms with Crippen LogP contribution in [-0.2, 0) is 22.4 Å². The van der Waals surface area contributed by atoms with Crippen LogP contribution < -0.4 is 5.32 Å². The fourth-order valence-electron chi connectivity index (χ4n) is 2.41. The first-order valence-corrected chi connectivity index (χ1v) is 8.64. The molecule has 0 saturated heterocycles. The number of amides is 1. The molecule has 120 valence electrons. The summed E-state index contributed by atoms with van der Waals surface area (Å²) in [6.07, 6.45) is 3.16.